The molecule has 2 N–H and O–H groups in total. The van der Waals surface area contributed by atoms with E-state index in [0.717, 1.165) is 0 Å². The second-order valence-corrected chi connectivity index (χ2v) is 5.61. The molecular formula is C17H15NS. The van der Waals surface area contributed by atoms with Gasteiger partial charge in [0.25, 0.3) is 0 Å². The maximum atomic E-state index is 5.61. The van der Waals surface area contributed by atoms with Crippen LogP contribution >= 0.6 is 11.8 Å². The summed E-state index contributed by atoms with van der Waals surface area (Å²) in [6.45, 7) is 0.598. The molecule has 0 heterocycles. The molecule has 0 saturated heterocycles. The molecular weight excluding hydrogens is 250 g/mol. The Kier molecular flexibility index (Phi) is 3.53. The van der Waals surface area contributed by atoms with E-state index in [4.69, 9.17) is 5.73 Å². The van der Waals surface area contributed by atoms with Crippen molar-refractivity contribution in [2.75, 3.05) is 0 Å². The number of rotatable bonds is 3. The highest BCUT2D eigenvalue weighted by Crippen LogP contribution is 2.30. The third-order valence-corrected chi connectivity index (χ3v) is 4.11. The van der Waals surface area contributed by atoms with E-state index in [9.17, 15) is 0 Å². The van der Waals surface area contributed by atoms with Crippen LogP contribution in [0.3, 0.4) is 0 Å². The topological polar surface area (TPSA) is 26.0 Å². The van der Waals surface area contributed by atoms with E-state index in [1.54, 1.807) is 11.8 Å². The Bertz CT molecular complexity index is 689. The minimum absolute atomic E-state index is 0.598. The van der Waals surface area contributed by atoms with Crippen molar-refractivity contribution in [2.24, 2.45) is 5.73 Å². The second-order valence-electron chi connectivity index (χ2n) is 4.46. The quantitative estimate of drug-likeness (QED) is 0.757. The molecule has 0 aliphatic rings. The monoisotopic (exact) mass is 265 g/mol. The van der Waals surface area contributed by atoms with Crippen LogP contribution in [0.15, 0.2) is 76.5 Å². The highest BCUT2D eigenvalue weighted by atomic mass is 32.2. The third kappa shape index (κ3) is 2.80. The van der Waals surface area contributed by atoms with Crippen LogP contribution in [0.25, 0.3) is 10.8 Å². The van der Waals surface area contributed by atoms with Crippen molar-refractivity contribution >= 4 is 22.5 Å². The lowest BCUT2D eigenvalue weighted by Gasteiger charge is -2.04. The molecule has 0 radical (unpaired) electrons. The van der Waals surface area contributed by atoms with Gasteiger partial charge in [0.2, 0.25) is 0 Å². The van der Waals surface area contributed by atoms with E-state index in [0.29, 0.717) is 6.54 Å². The molecule has 0 spiro atoms. The minimum atomic E-state index is 0.598. The standard InChI is InChI=1S/C17H15NS/c18-12-13-5-8-16(9-6-13)19-17-10-7-14-3-1-2-4-15(14)11-17/h1-11H,12,18H2. The Morgan fingerprint density at radius 3 is 2.16 bits per heavy atom. The van der Waals surface area contributed by atoms with E-state index in [1.165, 1.54) is 26.1 Å². The number of benzene rings is 3. The Morgan fingerprint density at radius 1 is 0.737 bits per heavy atom. The zero-order chi connectivity index (χ0) is 13.1. The summed E-state index contributed by atoms with van der Waals surface area (Å²) in [6, 6.07) is 23.4. The maximum Gasteiger partial charge on any atom is 0.0178 e. The van der Waals surface area contributed by atoms with Gasteiger partial charge in [0.05, 0.1) is 0 Å². The van der Waals surface area contributed by atoms with Crippen molar-refractivity contribution in [3.05, 3.63) is 72.3 Å². The Morgan fingerprint density at radius 2 is 1.42 bits per heavy atom. The van der Waals surface area contributed by atoms with Crippen LogP contribution in [0, 0.1) is 0 Å². The van der Waals surface area contributed by atoms with Crippen LogP contribution in [0.2, 0.25) is 0 Å². The molecule has 0 aliphatic heterocycles. The van der Waals surface area contributed by atoms with Gasteiger partial charge in [-0.1, -0.05) is 54.2 Å². The Hall–Kier alpha value is -1.77. The first-order valence-corrected chi connectivity index (χ1v) is 7.12. The first-order valence-electron chi connectivity index (χ1n) is 6.31. The predicted octanol–water partition coefficient (Wildman–Crippen LogP) is 4.45. The molecule has 0 atom stereocenters. The lowest BCUT2D eigenvalue weighted by molar-refractivity contribution is 1.07. The number of hydrogen-bond acceptors (Lipinski definition) is 2. The van der Waals surface area contributed by atoms with Crippen LogP contribution in [0.5, 0.6) is 0 Å². The summed E-state index contributed by atoms with van der Waals surface area (Å²) >= 11 is 1.78. The molecule has 0 unspecified atom stereocenters. The molecule has 3 rings (SSSR count). The van der Waals surface area contributed by atoms with Gasteiger partial charge in [-0.15, -0.1) is 0 Å². The molecule has 3 aromatic rings. The summed E-state index contributed by atoms with van der Waals surface area (Å²) in [6.07, 6.45) is 0. The molecule has 94 valence electrons. The Labute approximate surface area is 117 Å². The van der Waals surface area contributed by atoms with E-state index in [-0.39, 0.29) is 0 Å². The average Bonchev–Trinajstić information content (AvgIpc) is 2.48. The smallest absolute Gasteiger partial charge is 0.0178 e. The zero-order valence-electron chi connectivity index (χ0n) is 10.5. The predicted molar refractivity (Wildman–Crippen MR) is 82.4 cm³/mol. The molecule has 0 amide bonds. The van der Waals surface area contributed by atoms with Crippen molar-refractivity contribution in [1.82, 2.24) is 0 Å². The molecule has 0 saturated carbocycles. The van der Waals surface area contributed by atoms with Gasteiger partial charge in [-0.25, -0.2) is 0 Å². The van der Waals surface area contributed by atoms with E-state index in [1.807, 2.05) is 0 Å². The highest BCUT2D eigenvalue weighted by molar-refractivity contribution is 7.99. The molecule has 0 bridgehead atoms. The maximum absolute atomic E-state index is 5.61. The van der Waals surface area contributed by atoms with Crippen molar-refractivity contribution in [3.63, 3.8) is 0 Å². The molecule has 1 nitrogen and oxygen atoms in total. The first kappa shape index (κ1) is 12.3. The molecule has 0 aliphatic carbocycles. The van der Waals surface area contributed by atoms with Crippen molar-refractivity contribution in [2.45, 2.75) is 16.3 Å². The van der Waals surface area contributed by atoms with Gasteiger partial charge in [0.1, 0.15) is 0 Å². The number of hydrogen-bond donors (Lipinski definition) is 1. The third-order valence-electron chi connectivity index (χ3n) is 3.12. The molecule has 19 heavy (non-hydrogen) atoms. The summed E-state index contributed by atoms with van der Waals surface area (Å²) in [5.74, 6) is 0. The fourth-order valence-corrected chi connectivity index (χ4v) is 2.93. The van der Waals surface area contributed by atoms with Crippen LogP contribution < -0.4 is 5.73 Å². The molecule has 3 aromatic carbocycles. The van der Waals surface area contributed by atoms with E-state index in [2.05, 4.69) is 66.7 Å². The van der Waals surface area contributed by atoms with Crippen molar-refractivity contribution in [1.29, 1.82) is 0 Å². The van der Waals surface area contributed by atoms with Crippen LogP contribution in [0.4, 0.5) is 0 Å². The van der Waals surface area contributed by atoms with Gasteiger partial charge in [0.15, 0.2) is 0 Å². The highest BCUT2D eigenvalue weighted by Gasteiger charge is 1.99. The van der Waals surface area contributed by atoms with Gasteiger partial charge < -0.3 is 5.73 Å². The van der Waals surface area contributed by atoms with Crippen molar-refractivity contribution in [3.8, 4) is 0 Å². The van der Waals surface area contributed by atoms with Gasteiger partial charge in [-0.05, 0) is 40.6 Å². The molecule has 0 fully saturated rings. The first-order chi connectivity index (χ1) is 9.35. The number of nitrogens with two attached hydrogens (primary N) is 1. The Balaban J connectivity index is 1.87. The average molecular weight is 265 g/mol. The van der Waals surface area contributed by atoms with E-state index >= 15 is 0 Å². The zero-order valence-corrected chi connectivity index (χ0v) is 11.4. The summed E-state index contributed by atoms with van der Waals surface area (Å²) in [4.78, 5) is 2.51. The second kappa shape index (κ2) is 5.47. The fraction of sp³-hybridized carbons (Fsp3) is 0.0588. The van der Waals surface area contributed by atoms with Crippen LogP contribution in [-0.4, -0.2) is 0 Å². The lowest BCUT2D eigenvalue weighted by Crippen LogP contribution is -1.94. The fourth-order valence-electron chi connectivity index (χ4n) is 2.06. The van der Waals surface area contributed by atoms with Gasteiger partial charge in [-0.3, -0.25) is 0 Å². The number of fused-ring (bicyclic) bond motifs is 1. The van der Waals surface area contributed by atoms with Gasteiger partial charge in [0, 0.05) is 16.3 Å². The van der Waals surface area contributed by atoms with Crippen LogP contribution in [-0.2, 0) is 6.54 Å². The van der Waals surface area contributed by atoms with E-state index < -0.39 is 0 Å². The summed E-state index contributed by atoms with van der Waals surface area (Å²) in [5, 5.41) is 2.57. The SMILES string of the molecule is NCc1ccc(Sc2ccc3ccccc3c2)cc1. The summed E-state index contributed by atoms with van der Waals surface area (Å²) in [7, 11) is 0. The normalized spacial score (nSPS) is 10.8. The molecule has 2 heteroatoms. The summed E-state index contributed by atoms with van der Waals surface area (Å²) in [5.41, 5.74) is 6.78. The molecule has 0 aromatic heterocycles. The van der Waals surface area contributed by atoms with Crippen LogP contribution in [0.1, 0.15) is 5.56 Å². The minimum Gasteiger partial charge on any atom is -0.326 e. The largest absolute Gasteiger partial charge is 0.326 e. The summed E-state index contributed by atoms with van der Waals surface area (Å²) < 4.78 is 0. The van der Waals surface area contributed by atoms with Crippen molar-refractivity contribution < 1.29 is 0 Å². The van der Waals surface area contributed by atoms with Gasteiger partial charge >= 0.3 is 0 Å². The van der Waals surface area contributed by atoms with Gasteiger partial charge in [-0.2, -0.15) is 0 Å². The lowest BCUT2D eigenvalue weighted by atomic mass is 10.1.